The van der Waals surface area contributed by atoms with Crippen LogP contribution < -0.4 is 5.32 Å². The highest BCUT2D eigenvalue weighted by molar-refractivity contribution is 5.44. The van der Waals surface area contributed by atoms with E-state index in [1.807, 2.05) is 0 Å². The van der Waals surface area contributed by atoms with Crippen LogP contribution in [0.15, 0.2) is 42.0 Å². The molecule has 0 fully saturated rings. The summed E-state index contributed by atoms with van der Waals surface area (Å²) in [6.45, 7) is 6.92. The Morgan fingerprint density at radius 1 is 1.19 bits per heavy atom. The van der Waals surface area contributed by atoms with Gasteiger partial charge in [0.25, 0.3) is 0 Å². The van der Waals surface area contributed by atoms with Crippen molar-refractivity contribution in [1.82, 2.24) is 0 Å². The topological polar surface area (TPSA) is 12.0 Å². The van der Waals surface area contributed by atoms with Gasteiger partial charge in [-0.3, -0.25) is 0 Å². The van der Waals surface area contributed by atoms with Gasteiger partial charge in [0, 0.05) is 11.7 Å². The van der Waals surface area contributed by atoms with Crippen LogP contribution in [0.25, 0.3) is 0 Å². The zero-order valence-electron chi connectivity index (χ0n) is 10.5. The predicted octanol–water partition coefficient (Wildman–Crippen LogP) is 4.23. The molecule has 0 radical (unpaired) electrons. The minimum absolute atomic E-state index is 0.343. The van der Waals surface area contributed by atoms with Crippen LogP contribution in [0.1, 0.15) is 33.6 Å². The summed E-state index contributed by atoms with van der Waals surface area (Å²) in [6.07, 6.45) is 4.70. The fraction of sp³-hybridized carbons (Fsp3) is 0.467. The Morgan fingerprint density at radius 3 is 2.56 bits per heavy atom. The number of anilines is 1. The largest absolute Gasteiger partial charge is 0.381 e. The highest BCUT2D eigenvalue weighted by Crippen LogP contribution is 2.36. The van der Waals surface area contributed by atoms with Crippen molar-refractivity contribution in [2.45, 2.75) is 39.7 Å². The van der Waals surface area contributed by atoms with Gasteiger partial charge in [0.15, 0.2) is 0 Å². The summed E-state index contributed by atoms with van der Waals surface area (Å²) >= 11 is 0. The molecule has 1 aromatic rings. The Labute approximate surface area is 98.6 Å². The highest BCUT2D eigenvalue weighted by atomic mass is 14.9. The second-order valence-electron chi connectivity index (χ2n) is 5.51. The van der Waals surface area contributed by atoms with Crippen LogP contribution in [0.3, 0.4) is 0 Å². The van der Waals surface area contributed by atoms with Crippen molar-refractivity contribution in [3.8, 4) is 0 Å². The number of hydrogen-bond donors (Lipinski definition) is 1. The van der Waals surface area contributed by atoms with Gasteiger partial charge in [0.05, 0.1) is 0 Å². The van der Waals surface area contributed by atoms with E-state index < -0.39 is 0 Å². The second-order valence-corrected chi connectivity index (χ2v) is 5.51. The molecule has 1 aliphatic carbocycles. The zero-order chi connectivity index (χ0) is 11.6. The molecule has 1 atom stereocenters. The average molecular weight is 215 g/mol. The maximum Gasteiger partial charge on any atom is 0.0352 e. The van der Waals surface area contributed by atoms with Gasteiger partial charge >= 0.3 is 0 Å². The van der Waals surface area contributed by atoms with E-state index in [1.54, 1.807) is 0 Å². The molecule has 0 saturated heterocycles. The lowest BCUT2D eigenvalue weighted by atomic mass is 9.74. The smallest absolute Gasteiger partial charge is 0.0352 e. The Kier molecular flexibility index (Phi) is 3.04. The van der Waals surface area contributed by atoms with E-state index in [4.69, 9.17) is 0 Å². The van der Waals surface area contributed by atoms with Crippen molar-refractivity contribution in [2.75, 3.05) is 5.32 Å². The average Bonchev–Trinajstić information content (AvgIpc) is 2.26. The minimum Gasteiger partial charge on any atom is -0.381 e. The van der Waals surface area contributed by atoms with Crippen molar-refractivity contribution in [1.29, 1.82) is 0 Å². The summed E-state index contributed by atoms with van der Waals surface area (Å²) in [6, 6.07) is 11.1. The molecule has 0 saturated carbocycles. The molecule has 1 aromatic carbocycles. The Bertz CT molecular complexity index is 376. The summed E-state index contributed by atoms with van der Waals surface area (Å²) in [7, 11) is 0. The van der Waals surface area contributed by atoms with Gasteiger partial charge < -0.3 is 5.32 Å². The van der Waals surface area contributed by atoms with Crippen LogP contribution in [0.5, 0.6) is 0 Å². The lowest BCUT2D eigenvalue weighted by molar-refractivity contribution is 0.290. The maximum absolute atomic E-state index is 3.66. The van der Waals surface area contributed by atoms with E-state index in [0.29, 0.717) is 11.5 Å². The summed E-state index contributed by atoms with van der Waals surface area (Å²) in [4.78, 5) is 0. The van der Waals surface area contributed by atoms with Crippen molar-refractivity contribution in [3.05, 3.63) is 42.0 Å². The van der Waals surface area contributed by atoms with Gasteiger partial charge in [-0.15, -0.1) is 0 Å². The molecular formula is C15H21N. The van der Waals surface area contributed by atoms with Gasteiger partial charge in [-0.1, -0.05) is 43.7 Å². The zero-order valence-corrected chi connectivity index (χ0v) is 10.5. The van der Waals surface area contributed by atoms with Crippen LogP contribution in [0.4, 0.5) is 5.69 Å². The van der Waals surface area contributed by atoms with E-state index in [2.05, 4.69) is 62.5 Å². The quantitative estimate of drug-likeness (QED) is 0.728. The van der Waals surface area contributed by atoms with Crippen molar-refractivity contribution in [3.63, 3.8) is 0 Å². The third kappa shape index (κ3) is 2.46. The molecule has 1 aliphatic rings. The molecule has 2 rings (SSSR count). The number of hydrogen-bond acceptors (Lipinski definition) is 1. The van der Waals surface area contributed by atoms with E-state index >= 15 is 0 Å². The highest BCUT2D eigenvalue weighted by Gasteiger charge is 2.31. The first-order valence-corrected chi connectivity index (χ1v) is 6.05. The van der Waals surface area contributed by atoms with E-state index in [9.17, 15) is 0 Å². The number of para-hydroxylation sites is 1. The van der Waals surface area contributed by atoms with Crippen LogP contribution >= 0.6 is 0 Å². The summed E-state index contributed by atoms with van der Waals surface area (Å²) in [5.41, 5.74) is 3.08. The molecule has 0 aromatic heterocycles. The number of rotatable bonds is 2. The molecule has 16 heavy (non-hydrogen) atoms. The second kappa shape index (κ2) is 4.32. The number of benzene rings is 1. The molecule has 1 N–H and O–H groups in total. The lowest BCUT2D eigenvalue weighted by Gasteiger charge is -2.38. The van der Waals surface area contributed by atoms with Gasteiger partial charge in [0.1, 0.15) is 0 Å². The predicted molar refractivity (Wildman–Crippen MR) is 70.6 cm³/mol. The molecule has 0 aliphatic heterocycles. The first kappa shape index (κ1) is 11.3. The number of allylic oxidation sites excluding steroid dienone is 1. The lowest BCUT2D eigenvalue weighted by Crippen LogP contribution is -2.38. The van der Waals surface area contributed by atoms with Gasteiger partial charge in [0.2, 0.25) is 0 Å². The maximum atomic E-state index is 3.66. The van der Waals surface area contributed by atoms with Crippen LogP contribution in [-0.2, 0) is 0 Å². The standard InChI is InChI=1S/C15H21N/c1-12-9-10-15(2,3)14(11-12)16-13-7-5-4-6-8-13/h4-9,14,16H,10-11H2,1-3H3. The van der Waals surface area contributed by atoms with Crippen LogP contribution in [0, 0.1) is 5.41 Å². The third-order valence-corrected chi connectivity index (χ3v) is 3.56. The van der Waals surface area contributed by atoms with E-state index in [-0.39, 0.29) is 0 Å². The van der Waals surface area contributed by atoms with E-state index in [1.165, 1.54) is 17.7 Å². The Hall–Kier alpha value is -1.24. The summed E-state index contributed by atoms with van der Waals surface area (Å²) < 4.78 is 0. The first-order chi connectivity index (χ1) is 7.58. The van der Waals surface area contributed by atoms with Crippen LogP contribution in [0.2, 0.25) is 0 Å². The summed E-state index contributed by atoms with van der Waals surface area (Å²) in [5, 5.41) is 3.66. The molecule has 1 nitrogen and oxygen atoms in total. The molecule has 86 valence electrons. The van der Waals surface area contributed by atoms with E-state index in [0.717, 1.165) is 6.42 Å². The van der Waals surface area contributed by atoms with Gasteiger partial charge in [-0.2, -0.15) is 0 Å². The van der Waals surface area contributed by atoms with Gasteiger partial charge in [-0.05, 0) is 37.3 Å². The Morgan fingerprint density at radius 2 is 1.88 bits per heavy atom. The molecule has 1 unspecified atom stereocenters. The SMILES string of the molecule is CC1=CCC(C)(C)C(Nc2ccccc2)C1. The summed E-state index contributed by atoms with van der Waals surface area (Å²) in [5.74, 6) is 0. The molecular weight excluding hydrogens is 194 g/mol. The minimum atomic E-state index is 0.343. The Balaban J connectivity index is 2.12. The van der Waals surface area contributed by atoms with Gasteiger partial charge in [-0.25, -0.2) is 0 Å². The number of nitrogens with one attached hydrogen (secondary N) is 1. The molecule has 0 amide bonds. The molecule has 0 spiro atoms. The normalized spacial score (nSPS) is 23.7. The fourth-order valence-corrected chi connectivity index (χ4v) is 2.24. The first-order valence-electron chi connectivity index (χ1n) is 6.05. The van der Waals surface area contributed by atoms with Crippen LogP contribution in [-0.4, -0.2) is 6.04 Å². The van der Waals surface area contributed by atoms with Crippen molar-refractivity contribution < 1.29 is 0 Å². The third-order valence-electron chi connectivity index (χ3n) is 3.56. The molecule has 1 heteroatoms. The monoisotopic (exact) mass is 215 g/mol. The van der Waals surface area contributed by atoms with Crippen molar-refractivity contribution >= 4 is 5.69 Å². The fourth-order valence-electron chi connectivity index (χ4n) is 2.24. The van der Waals surface area contributed by atoms with Crippen molar-refractivity contribution in [2.24, 2.45) is 5.41 Å². The molecule has 0 bridgehead atoms. The molecule has 0 heterocycles.